The van der Waals surface area contributed by atoms with Crippen molar-refractivity contribution >= 4 is 22.7 Å². The van der Waals surface area contributed by atoms with E-state index < -0.39 is 0 Å². The molecule has 0 aliphatic carbocycles. The molecule has 0 bridgehead atoms. The maximum absolute atomic E-state index is 11.8. The summed E-state index contributed by atoms with van der Waals surface area (Å²) >= 11 is 0. The van der Waals surface area contributed by atoms with Crippen LogP contribution in [0.15, 0.2) is 22.6 Å². The number of carbonyl (C=O) groups excluding carboxylic acids is 1. The predicted octanol–water partition coefficient (Wildman–Crippen LogP) is 2.59. The second kappa shape index (κ2) is 5.01. The van der Waals surface area contributed by atoms with Crippen molar-refractivity contribution in [3.8, 4) is 0 Å². The molecule has 2 rings (SSSR count). The van der Waals surface area contributed by atoms with Gasteiger partial charge in [-0.25, -0.2) is 4.98 Å². The zero-order chi connectivity index (χ0) is 14.0. The van der Waals surface area contributed by atoms with Crippen LogP contribution in [0.3, 0.4) is 0 Å². The maximum Gasteiger partial charge on any atom is 0.224 e. The minimum Gasteiger partial charge on any atom is -0.441 e. The Morgan fingerprint density at radius 3 is 2.89 bits per heavy atom. The number of amides is 1. The van der Waals surface area contributed by atoms with Crippen LogP contribution in [0.1, 0.15) is 32.6 Å². The third-order valence-corrected chi connectivity index (χ3v) is 2.78. The molecule has 0 spiro atoms. The van der Waals surface area contributed by atoms with Crippen molar-refractivity contribution < 1.29 is 9.21 Å². The van der Waals surface area contributed by atoms with Crippen molar-refractivity contribution in [2.75, 3.05) is 5.32 Å². The minimum atomic E-state index is -0.330. The number of aromatic nitrogens is 1. The Balaban J connectivity index is 2.02. The molecule has 19 heavy (non-hydrogen) atoms. The van der Waals surface area contributed by atoms with Crippen molar-refractivity contribution in [1.82, 2.24) is 4.98 Å². The molecule has 0 atom stereocenters. The molecule has 2 aromatic rings. The highest BCUT2D eigenvalue weighted by Gasteiger charge is 2.13. The van der Waals surface area contributed by atoms with Crippen LogP contribution in [0.4, 0.5) is 5.69 Å². The van der Waals surface area contributed by atoms with E-state index in [1.165, 1.54) is 0 Å². The van der Waals surface area contributed by atoms with Crippen molar-refractivity contribution in [1.29, 1.82) is 0 Å². The first kappa shape index (κ1) is 13.5. The number of nitrogens with one attached hydrogen (secondary N) is 1. The van der Waals surface area contributed by atoms with E-state index in [2.05, 4.69) is 10.3 Å². The summed E-state index contributed by atoms with van der Waals surface area (Å²) in [5.41, 5.74) is 7.70. The lowest BCUT2D eigenvalue weighted by atomic mass is 10.00. The van der Waals surface area contributed by atoms with Crippen LogP contribution >= 0.6 is 0 Å². The second-order valence-electron chi connectivity index (χ2n) is 5.45. The summed E-state index contributed by atoms with van der Waals surface area (Å²) in [6.07, 6.45) is 1.04. The van der Waals surface area contributed by atoms with E-state index in [-0.39, 0.29) is 11.4 Å². The normalized spacial score (nSPS) is 11.8. The lowest BCUT2D eigenvalue weighted by Gasteiger charge is -2.17. The molecule has 0 aliphatic heterocycles. The molecule has 1 aromatic heterocycles. The molecule has 102 valence electrons. The number of oxazole rings is 1. The van der Waals surface area contributed by atoms with Crippen LogP contribution in [0.2, 0.25) is 0 Å². The molecule has 5 nitrogen and oxygen atoms in total. The number of hydrogen-bond donors (Lipinski definition) is 2. The van der Waals surface area contributed by atoms with Crippen LogP contribution < -0.4 is 11.1 Å². The molecule has 1 aromatic carbocycles. The van der Waals surface area contributed by atoms with Gasteiger partial charge in [0.15, 0.2) is 11.5 Å². The number of hydrogen-bond acceptors (Lipinski definition) is 4. The molecule has 1 amide bonds. The molecule has 1 heterocycles. The second-order valence-corrected chi connectivity index (χ2v) is 5.45. The van der Waals surface area contributed by atoms with E-state index >= 15 is 0 Å². The lowest BCUT2D eigenvalue weighted by Crippen LogP contribution is -2.33. The molecule has 0 saturated carbocycles. The maximum atomic E-state index is 11.8. The van der Waals surface area contributed by atoms with Gasteiger partial charge in [0.25, 0.3) is 0 Å². The van der Waals surface area contributed by atoms with Crippen LogP contribution in [0.25, 0.3) is 11.1 Å². The Hall–Kier alpha value is -1.88. The van der Waals surface area contributed by atoms with Gasteiger partial charge in [0.05, 0.1) is 0 Å². The molecule has 0 radical (unpaired) electrons. The Morgan fingerprint density at radius 2 is 2.21 bits per heavy atom. The van der Waals surface area contributed by atoms with Crippen LogP contribution in [0, 0.1) is 6.92 Å². The summed E-state index contributed by atoms with van der Waals surface area (Å²) in [5.74, 6) is 0.567. The molecule has 0 aliphatic rings. The summed E-state index contributed by atoms with van der Waals surface area (Å²) in [4.78, 5) is 16.0. The van der Waals surface area contributed by atoms with E-state index in [0.717, 1.165) is 5.52 Å². The Kier molecular flexibility index (Phi) is 3.57. The zero-order valence-corrected chi connectivity index (χ0v) is 11.5. The molecular weight excluding hydrogens is 242 g/mol. The third-order valence-electron chi connectivity index (χ3n) is 2.78. The van der Waals surface area contributed by atoms with Gasteiger partial charge >= 0.3 is 0 Å². The summed E-state index contributed by atoms with van der Waals surface area (Å²) < 4.78 is 5.42. The van der Waals surface area contributed by atoms with Crippen molar-refractivity contribution in [2.24, 2.45) is 5.73 Å². The Labute approximate surface area is 112 Å². The van der Waals surface area contributed by atoms with Gasteiger partial charge in [0.1, 0.15) is 5.52 Å². The third kappa shape index (κ3) is 3.79. The van der Waals surface area contributed by atoms with Gasteiger partial charge < -0.3 is 15.5 Å². The molecule has 0 fully saturated rings. The number of nitrogens with two attached hydrogens (primary N) is 1. The quantitative estimate of drug-likeness (QED) is 0.886. The van der Waals surface area contributed by atoms with Gasteiger partial charge in [-0.05, 0) is 32.4 Å². The highest BCUT2D eigenvalue weighted by molar-refractivity contribution is 5.92. The van der Waals surface area contributed by atoms with Crippen LogP contribution in [-0.2, 0) is 4.79 Å². The summed E-state index contributed by atoms with van der Waals surface area (Å²) in [5, 5.41) is 2.83. The highest BCUT2D eigenvalue weighted by Crippen LogP contribution is 2.20. The fraction of sp³-hybridized carbons (Fsp3) is 0.429. The minimum absolute atomic E-state index is 0.0471. The van der Waals surface area contributed by atoms with Gasteiger partial charge in [0.2, 0.25) is 5.91 Å². The number of fused-ring (bicyclic) bond motifs is 1. The number of anilines is 1. The summed E-state index contributed by atoms with van der Waals surface area (Å²) in [6.45, 7) is 5.61. The number of benzene rings is 1. The molecule has 0 unspecified atom stereocenters. The van der Waals surface area contributed by atoms with Gasteiger partial charge in [-0.3, -0.25) is 4.79 Å². The van der Waals surface area contributed by atoms with Crippen molar-refractivity contribution in [3.05, 3.63) is 24.1 Å². The van der Waals surface area contributed by atoms with E-state index in [0.29, 0.717) is 30.0 Å². The zero-order valence-electron chi connectivity index (χ0n) is 11.5. The standard InChI is InChI=1S/C14H19N3O2/c1-9-16-11-5-4-10(8-12(11)19-9)17-13(18)6-7-14(2,3)15/h4-5,8H,6-7,15H2,1-3H3,(H,17,18). The highest BCUT2D eigenvalue weighted by atomic mass is 16.3. The smallest absolute Gasteiger partial charge is 0.224 e. The van der Waals surface area contributed by atoms with Gasteiger partial charge in [0, 0.05) is 30.6 Å². The number of rotatable bonds is 4. The summed E-state index contributed by atoms with van der Waals surface area (Å²) in [6, 6.07) is 5.42. The number of aryl methyl sites for hydroxylation is 1. The first-order valence-electron chi connectivity index (χ1n) is 6.29. The fourth-order valence-corrected chi connectivity index (χ4v) is 1.78. The first-order valence-corrected chi connectivity index (χ1v) is 6.29. The average Bonchev–Trinajstić information content (AvgIpc) is 2.65. The van der Waals surface area contributed by atoms with Crippen molar-refractivity contribution in [3.63, 3.8) is 0 Å². The number of nitrogens with zero attached hydrogens (tertiary/aromatic N) is 1. The lowest BCUT2D eigenvalue weighted by molar-refractivity contribution is -0.116. The van der Waals surface area contributed by atoms with Crippen LogP contribution in [-0.4, -0.2) is 16.4 Å². The largest absolute Gasteiger partial charge is 0.441 e. The van der Waals surface area contributed by atoms with Gasteiger partial charge in [-0.2, -0.15) is 0 Å². The number of carbonyl (C=O) groups is 1. The van der Waals surface area contributed by atoms with Gasteiger partial charge in [-0.15, -0.1) is 0 Å². The topological polar surface area (TPSA) is 81.2 Å². The van der Waals surface area contributed by atoms with E-state index in [1.807, 2.05) is 26.0 Å². The van der Waals surface area contributed by atoms with Gasteiger partial charge in [-0.1, -0.05) is 0 Å². The fourth-order valence-electron chi connectivity index (χ4n) is 1.78. The molecule has 3 N–H and O–H groups in total. The predicted molar refractivity (Wildman–Crippen MR) is 74.9 cm³/mol. The monoisotopic (exact) mass is 261 g/mol. The van der Waals surface area contributed by atoms with E-state index in [4.69, 9.17) is 10.2 Å². The first-order chi connectivity index (χ1) is 8.83. The SMILES string of the molecule is Cc1nc2ccc(NC(=O)CCC(C)(C)N)cc2o1. The molecular formula is C14H19N3O2. The van der Waals surface area contributed by atoms with E-state index in [9.17, 15) is 4.79 Å². The molecule has 5 heteroatoms. The molecule has 0 saturated heterocycles. The summed E-state index contributed by atoms with van der Waals surface area (Å²) in [7, 11) is 0. The van der Waals surface area contributed by atoms with Crippen molar-refractivity contribution in [2.45, 2.75) is 39.2 Å². The Bertz CT molecular complexity index is 596. The Morgan fingerprint density at radius 1 is 1.47 bits per heavy atom. The van der Waals surface area contributed by atoms with E-state index in [1.54, 1.807) is 13.0 Å². The van der Waals surface area contributed by atoms with Crippen LogP contribution in [0.5, 0.6) is 0 Å². The average molecular weight is 261 g/mol.